The van der Waals surface area contributed by atoms with Crippen molar-refractivity contribution in [2.24, 2.45) is 0 Å². The second-order valence-electron chi connectivity index (χ2n) is 9.48. The highest BCUT2D eigenvalue weighted by molar-refractivity contribution is 5.49. The van der Waals surface area contributed by atoms with Crippen molar-refractivity contribution in [2.45, 2.75) is 36.3 Å². The highest BCUT2D eigenvalue weighted by atomic mass is 19.4. The van der Waals surface area contributed by atoms with Crippen molar-refractivity contribution in [2.75, 3.05) is 0 Å². The average molecular weight is 602 g/mol. The van der Waals surface area contributed by atoms with Crippen LogP contribution in [0.25, 0.3) is 0 Å². The van der Waals surface area contributed by atoms with Crippen LogP contribution in [0.5, 0.6) is 0 Å². The van der Waals surface area contributed by atoms with Crippen LogP contribution in [-0.2, 0) is 28.2 Å². The number of benzene rings is 2. The number of nitro groups is 2. The Morgan fingerprint density at radius 3 is 1.35 bits per heavy atom. The number of nitrogens with zero attached hydrogens (tertiary/aromatic N) is 4. The standard InChI is InChI=1S/C28H16F6N4O5/c29-27(30,31)21-7-3-1-5-19(21)25(37(39)40)11-9-23(17(13-25)15-35)43-24-10-12-26(38(41)42,14-18(24)16-36)20-6-2-4-8-22(20)28(32,33)34/h1-12H,13-14H2. The van der Waals surface area contributed by atoms with E-state index in [1.807, 2.05) is 0 Å². The third-order valence-electron chi connectivity index (χ3n) is 7.05. The molecule has 9 nitrogen and oxygen atoms in total. The second kappa shape index (κ2) is 10.8. The molecule has 220 valence electrons. The summed E-state index contributed by atoms with van der Waals surface area (Å²) in [5, 5.41) is 43.9. The Morgan fingerprint density at radius 2 is 1.05 bits per heavy atom. The normalized spacial score (nSPS) is 22.1. The summed E-state index contributed by atoms with van der Waals surface area (Å²) < 4.78 is 87.9. The first-order valence-electron chi connectivity index (χ1n) is 12.1. The number of halogens is 6. The fraction of sp³-hybridized carbons (Fsp3) is 0.214. The zero-order valence-electron chi connectivity index (χ0n) is 21.4. The van der Waals surface area contributed by atoms with Gasteiger partial charge >= 0.3 is 12.4 Å². The van der Waals surface area contributed by atoms with Crippen LogP contribution in [0.1, 0.15) is 35.1 Å². The van der Waals surface area contributed by atoms with Gasteiger partial charge in [-0.3, -0.25) is 20.2 Å². The van der Waals surface area contributed by atoms with E-state index < -0.39 is 91.0 Å². The molecule has 2 aliphatic carbocycles. The van der Waals surface area contributed by atoms with E-state index >= 15 is 0 Å². The van der Waals surface area contributed by atoms with E-state index in [2.05, 4.69) is 0 Å². The molecular weight excluding hydrogens is 586 g/mol. The van der Waals surface area contributed by atoms with Gasteiger partial charge in [-0.15, -0.1) is 0 Å². The molecule has 0 spiro atoms. The summed E-state index contributed by atoms with van der Waals surface area (Å²) in [6.07, 6.45) is -8.34. The molecule has 0 fully saturated rings. The Hall–Kier alpha value is -5.44. The fourth-order valence-electron chi connectivity index (χ4n) is 4.99. The summed E-state index contributed by atoms with van der Waals surface area (Å²) >= 11 is 0. The average Bonchev–Trinajstić information content (AvgIpc) is 2.96. The summed E-state index contributed by atoms with van der Waals surface area (Å²) in [6.45, 7) is 0. The summed E-state index contributed by atoms with van der Waals surface area (Å²) in [7, 11) is 0. The number of nitriles is 2. The molecule has 43 heavy (non-hydrogen) atoms. The molecule has 2 aromatic carbocycles. The minimum atomic E-state index is -4.96. The van der Waals surface area contributed by atoms with Crippen LogP contribution >= 0.6 is 0 Å². The van der Waals surface area contributed by atoms with E-state index in [0.717, 1.165) is 48.6 Å². The van der Waals surface area contributed by atoms with Gasteiger partial charge < -0.3 is 4.74 Å². The van der Waals surface area contributed by atoms with Gasteiger partial charge in [0.2, 0.25) is 0 Å². The lowest BCUT2D eigenvalue weighted by Crippen LogP contribution is -2.38. The fourth-order valence-corrected chi connectivity index (χ4v) is 4.99. The van der Waals surface area contributed by atoms with Gasteiger partial charge in [0, 0.05) is 33.1 Å². The lowest BCUT2D eigenvalue weighted by molar-refractivity contribution is -0.564. The Balaban J connectivity index is 1.76. The van der Waals surface area contributed by atoms with Crippen LogP contribution < -0.4 is 0 Å². The van der Waals surface area contributed by atoms with Crippen LogP contribution in [0.2, 0.25) is 0 Å². The van der Waals surface area contributed by atoms with Gasteiger partial charge in [-0.05, 0) is 24.3 Å². The minimum Gasteiger partial charge on any atom is -0.455 e. The first kappa shape index (κ1) is 30.5. The van der Waals surface area contributed by atoms with Gasteiger partial charge in [0.1, 0.15) is 11.5 Å². The number of hydrogen-bond donors (Lipinski definition) is 0. The third kappa shape index (κ3) is 5.32. The predicted molar refractivity (Wildman–Crippen MR) is 134 cm³/mol. The van der Waals surface area contributed by atoms with E-state index in [0.29, 0.717) is 12.1 Å². The zero-order valence-corrected chi connectivity index (χ0v) is 21.4. The van der Waals surface area contributed by atoms with Crippen molar-refractivity contribution in [3.05, 3.63) is 138 Å². The Labute approximate surface area is 238 Å². The molecule has 15 heteroatoms. The molecule has 4 rings (SSSR count). The number of hydrogen-bond acceptors (Lipinski definition) is 7. The van der Waals surface area contributed by atoms with Crippen LogP contribution in [0.4, 0.5) is 26.3 Å². The van der Waals surface area contributed by atoms with Crippen LogP contribution in [0, 0.1) is 42.9 Å². The molecule has 0 radical (unpaired) electrons. The van der Waals surface area contributed by atoms with Crippen molar-refractivity contribution in [3.63, 3.8) is 0 Å². The largest absolute Gasteiger partial charge is 0.455 e. The van der Waals surface area contributed by atoms with Gasteiger partial charge in [-0.2, -0.15) is 36.9 Å². The summed E-state index contributed by atoms with van der Waals surface area (Å²) in [5.41, 5.74) is -10.1. The molecule has 2 aromatic rings. The SMILES string of the molecule is N#CC1=C(OC2=C(C#N)CC(c3ccccc3C(F)(F)F)([N+](=O)[O-])C=C2)C=CC(c2ccccc2C(F)(F)F)([N+](=O)[O-])C1. The van der Waals surface area contributed by atoms with Gasteiger partial charge in [-0.1, -0.05) is 36.4 Å². The molecule has 0 saturated heterocycles. The predicted octanol–water partition coefficient (Wildman–Crippen LogP) is 6.86. The molecule has 0 amide bonds. The lowest BCUT2D eigenvalue weighted by Gasteiger charge is -2.30. The van der Waals surface area contributed by atoms with Crippen LogP contribution in [0.15, 0.2) is 95.5 Å². The van der Waals surface area contributed by atoms with E-state index in [9.17, 15) is 57.1 Å². The van der Waals surface area contributed by atoms with Crippen molar-refractivity contribution in [1.29, 1.82) is 10.5 Å². The summed E-state index contributed by atoms with van der Waals surface area (Å²) in [6, 6.07) is 10.9. The highest BCUT2D eigenvalue weighted by Gasteiger charge is 2.53. The maximum absolute atomic E-state index is 13.7. The smallest absolute Gasteiger partial charge is 0.416 e. The van der Waals surface area contributed by atoms with E-state index in [1.54, 1.807) is 12.1 Å². The molecular formula is C28H16F6N4O5. The molecule has 0 heterocycles. The van der Waals surface area contributed by atoms with E-state index in [-0.39, 0.29) is 0 Å². The Morgan fingerprint density at radius 1 is 0.698 bits per heavy atom. The van der Waals surface area contributed by atoms with Gasteiger partial charge in [-0.25, -0.2) is 0 Å². The van der Waals surface area contributed by atoms with Gasteiger partial charge in [0.15, 0.2) is 0 Å². The van der Waals surface area contributed by atoms with Crippen molar-refractivity contribution >= 4 is 0 Å². The topological polar surface area (TPSA) is 143 Å². The molecule has 2 aliphatic rings. The van der Waals surface area contributed by atoms with Crippen molar-refractivity contribution in [1.82, 2.24) is 0 Å². The Kier molecular flexibility index (Phi) is 7.63. The minimum absolute atomic E-state index is 0.402. The number of allylic oxidation sites excluding steroid dienone is 2. The first-order chi connectivity index (χ1) is 20.1. The van der Waals surface area contributed by atoms with Gasteiger partial charge in [0.25, 0.3) is 11.1 Å². The maximum Gasteiger partial charge on any atom is 0.416 e. The number of ether oxygens (including phenoxy) is 1. The van der Waals surface area contributed by atoms with Crippen molar-refractivity contribution < 1.29 is 40.9 Å². The zero-order chi connectivity index (χ0) is 31.8. The molecule has 2 unspecified atom stereocenters. The quantitative estimate of drug-likeness (QED) is 0.200. The molecule has 0 bridgehead atoms. The van der Waals surface area contributed by atoms with Crippen molar-refractivity contribution in [3.8, 4) is 12.1 Å². The molecule has 0 saturated carbocycles. The summed E-state index contributed by atoms with van der Waals surface area (Å²) in [4.78, 5) is 22.4. The monoisotopic (exact) mass is 602 g/mol. The molecule has 0 N–H and O–H groups in total. The van der Waals surface area contributed by atoms with Gasteiger partial charge in [0.05, 0.1) is 47.3 Å². The summed E-state index contributed by atoms with van der Waals surface area (Å²) in [5.74, 6) is -0.803. The number of rotatable bonds is 6. The van der Waals surface area contributed by atoms with E-state index in [4.69, 9.17) is 4.74 Å². The third-order valence-corrected chi connectivity index (χ3v) is 7.05. The second-order valence-corrected chi connectivity index (χ2v) is 9.48. The van der Waals surface area contributed by atoms with Crippen LogP contribution in [0.3, 0.4) is 0 Å². The molecule has 0 aromatic heterocycles. The lowest BCUT2D eigenvalue weighted by atomic mass is 9.78. The molecule has 0 aliphatic heterocycles. The highest BCUT2D eigenvalue weighted by Crippen LogP contribution is 2.47. The number of alkyl halides is 6. The molecule has 2 atom stereocenters. The van der Waals surface area contributed by atoms with Crippen LogP contribution in [-0.4, -0.2) is 9.85 Å². The Bertz CT molecular complexity index is 1600. The van der Waals surface area contributed by atoms with E-state index in [1.165, 1.54) is 12.1 Å². The first-order valence-corrected chi connectivity index (χ1v) is 12.1. The maximum atomic E-state index is 13.7.